The highest BCUT2D eigenvalue weighted by atomic mass is 32.2. The zero-order chi connectivity index (χ0) is 15.1. The fraction of sp³-hybridized carbons (Fsp3) is 0.308. The molecule has 0 aliphatic heterocycles. The normalized spacial score (nSPS) is 11.6. The fourth-order valence-corrected chi connectivity index (χ4v) is 2.98. The molecule has 0 radical (unpaired) electrons. The van der Waals surface area contributed by atoms with E-state index in [1.807, 2.05) is 13.8 Å². The molecule has 0 fully saturated rings. The van der Waals surface area contributed by atoms with E-state index in [9.17, 15) is 8.42 Å². The molecule has 2 aromatic rings. The quantitative estimate of drug-likeness (QED) is 0.846. The van der Waals surface area contributed by atoms with Gasteiger partial charge in [-0.15, -0.1) is 0 Å². The van der Waals surface area contributed by atoms with Crippen LogP contribution in [-0.4, -0.2) is 13.6 Å². The van der Waals surface area contributed by atoms with Gasteiger partial charge in [0.05, 0.1) is 11.4 Å². The van der Waals surface area contributed by atoms with Crippen LogP contribution in [0.5, 0.6) is 0 Å². The van der Waals surface area contributed by atoms with E-state index < -0.39 is 10.0 Å². The maximum absolute atomic E-state index is 12.4. The average Bonchev–Trinajstić information content (AvgIpc) is 2.65. The Morgan fingerprint density at radius 3 is 2.30 bits per heavy atom. The second-order valence-corrected chi connectivity index (χ2v) is 6.45. The number of nitrogens with two attached hydrogens (primary N) is 1. The molecule has 0 aliphatic rings. The maximum Gasteiger partial charge on any atom is 0.266 e. The van der Waals surface area contributed by atoms with Gasteiger partial charge in [0, 0.05) is 5.56 Å². The van der Waals surface area contributed by atoms with Gasteiger partial charge in [0.2, 0.25) is 5.88 Å². The van der Waals surface area contributed by atoms with Crippen molar-refractivity contribution < 1.29 is 12.9 Å². The van der Waals surface area contributed by atoms with Gasteiger partial charge in [-0.2, -0.15) is 0 Å². The summed E-state index contributed by atoms with van der Waals surface area (Å²) in [5.41, 5.74) is 9.09. The molecule has 1 aromatic carbocycles. The molecule has 0 amide bonds. The van der Waals surface area contributed by atoms with E-state index in [-0.39, 0.29) is 16.5 Å². The Labute approximate surface area is 118 Å². The lowest BCUT2D eigenvalue weighted by molar-refractivity contribution is 0.430. The van der Waals surface area contributed by atoms with Crippen molar-refractivity contribution in [2.75, 3.05) is 10.5 Å². The van der Waals surface area contributed by atoms with Crippen LogP contribution in [0.4, 0.5) is 11.6 Å². The molecule has 0 saturated carbocycles. The van der Waals surface area contributed by atoms with E-state index in [1.54, 1.807) is 26.0 Å². The molecule has 108 valence electrons. The Bertz CT molecular complexity index is 763. The van der Waals surface area contributed by atoms with Crippen molar-refractivity contribution in [2.24, 2.45) is 0 Å². The van der Waals surface area contributed by atoms with E-state index in [4.69, 9.17) is 10.3 Å². The molecule has 0 atom stereocenters. The minimum atomic E-state index is -3.80. The highest BCUT2D eigenvalue weighted by molar-refractivity contribution is 7.92. The van der Waals surface area contributed by atoms with Crippen molar-refractivity contribution in [3.63, 3.8) is 0 Å². The first kappa shape index (κ1) is 14.4. The number of nitrogens with one attached hydrogen (secondary N) is 1. The van der Waals surface area contributed by atoms with E-state index in [0.29, 0.717) is 11.3 Å². The molecule has 0 aliphatic carbocycles. The second-order valence-electron chi connectivity index (χ2n) is 4.80. The number of aromatic nitrogens is 1. The summed E-state index contributed by atoms with van der Waals surface area (Å²) in [5.74, 6) is 0.111. The molecule has 1 heterocycles. The lowest BCUT2D eigenvalue weighted by Crippen LogP contribution is -2.15. The van der Waals surface area contributed by atoms with Crippen molar-refractivity contribution >= 4 is 21.6 Å². The first-order chi connectivity index (χ1) is 9.22. The van der Waals surface area contributed by atoms with Crippen LogP contribution in [0, 0.1) is 27.7 Å². The summed E-state index contributed by atoms with van der Waals surface area (Å²) in [7, 11) is -3.80. The molecule has 20 heavy (non-hydrogen) atoms. The van der Waals surface area contributed by atoms with Crippen LogP contribution in [-0.2, 0) is 10.0 Å². The van der Waals surface area contributed by atoms with E-state index in [2.05, 4.69) is 9.88 Å². The summed E-state index contributed by atoms with van der Waals surface area (Å²) in [6, 6.07) is 3.19. The van der Waals surface area contributed by atoms with Crippen LogP contribution >= 0.6 is 0 Å². The number of anilines is 2. The smallest absolute Gasteiger partial charge is 0.266 e. The number of rotatable bonds is 3. The molecule has 3 N–H and O–H groups in total. The van der Waals surface area contributed by atoms with Gasteiger partial charge in [-0.3, -0.25) is 0 Å². The van der Waals surface area contributed by atoms with E-state index in [0.717, 1.165) is 11.1 Å². The summed E-state index contributed by atoms with van der Waals surface area (Å²) in [4.78, 5) is 0.0362. The van der Waals surface area contributed by atoms with Gasteiger partial charge in [0.1, 0.15) is 4.90 Å². The second kappa shape index (κ2) is 4.82. The van der Waals surface area contributed by atoms with Crippen molar-refractivity contribution in [1.82, 2.24) is 5.16 Å². The molecule has 6 nitrogen and oxygen atoms in total. The molecule has 2 rings (SSSR count). The molecule has 0 unspecified atom stereocenters. The Balaban J connectivity index is 2.46. The van der Waals surface area contributed by atoms with Crippen LogP contribution in [0.2, 0.25) is 0 Å². The predicted octanol–water partition coefficient (Wildman–Crippen LogP) is 2.29. The highest BCUT2D eigenvalue weighted by Gasteiger charge is 2.22. The number of nitrogen functional groups attached to an aromatic ring is 1. The SMILES string of the molecule is Cc1cc(N)c(S(=O)(=O)Nc2onc(C)c2C)cc1C. The summed E-state index contributed by atoms with van der Waals surface area (Å²) >= 11 is 0. The first-order valence-electron chi connectivity index (χ1n) is 6.05. The van der Waals surface area contributed by atoms with Crippen molar-refractivity contribution in [3.8, 4) is 0 Å². The summed E-state index contributed by atoms with van der Waals surface area (Å²) in [6.45, 7) is 7.17. The predicted molar refractivity (Wildman–Crippen MR) is 77.1 cm³/mol. The monoisotopic (exact) mass is 295 g/mol. The summed E-state index contributed by atoms with van der Waals surface area (Å²) in [6.07, 6.45) is 0. The fourth-order valence-electron chi connectivity index (χ4n) is 1.73. The lowest BCUT2D eigenvalue weighted by Gasteiger charge is -2.11. The Morgan fingerprint density at radius 2 is 1.75 bits per heavy atom. The Kier molecular flexibility index (Phi) is 3.47. The summed E-state index contributed by atoms with van der Waals surface area (Å²) < 4.78 is 32.1. The number of hydrogen-bond acceptors (Lipinski definition) is 5. The number of benzene rings is 1. The Hall–Kier alpha value is -2.02. The van der Waals surface area contributed by atoms with Gasteiger partial charge in [-0.1, -0.05) is 5.16 Å². The van der Waals surface area contributed by atoms with Gasteiger partial charge in [0.25, 0.3) is 10.0 Å². The van der Waals surface area contributed by atoms with Crippen molar-refractivity contribution in [1.29, 1.82) is 0 Å². The maximum atomic E-state index is 12.4. The highest BCUT2D eigenvalue weighted by Crippen LogP contribution is 2.26. The van der Waals surface area contributed by atoms with Gasteiger partial charge >= 0.3 is 0 Å². The third-order valence-electron chi connectivity index (χ3n) is 3.30. The van der Waals surface area contributed by atoms with Crippen molar-refractivity contribution in [3.05, 3.63) is 34.5 Å². The molecular formula is C13H17N3O3S. The van der Waals surface area contributed by atoms with Gasteiger partial charge < -0.3 is 10.3 Å². The van der Waals surface area contributed by atoms with Crippen molar-refractivity contribution in [2.45, 2.75) is 32.6 Å². The van der Waals surface area contributed by atoms with Crippen LogP contribution in [0.15, 0.2) is 21.6 Å². The zero-order valence-corrected chi connectivity index (χ0v) is 12.6. The van der Waals surface area contributed by atoms with Gasteiger partial charge in [0.15, 0.2) is 0 Å². The molecule has 7 heteroatoms. The molecular weight excluding hydrogens is 278 g/mol. The molecule has 0 bridgehead atoms. The topological polar surface area (TPSA) is 98.2 Å². The average molecular weight is 295 g/mol. The zero-order valence-electron chi connectivity index (χ0n) is 11.8. The summed E-state index contributed by atoms with van der Waals surface area (Å²) in [5, 5.41) is 3.71. The largest absolute Gasteiger partial charge is 0.398 e. The van der Waals surface area contributed by atoms with Crippen LogP contribution < -0.4 is 10.5 Å². The Morgan fingerprint density at radius 1 is 1.15 bits per heavy atom. The minimum Gasteiger partial charge on any atom is -0.398 e. The number of hydrogen-bond donors (Lipinski definition) is 2. The van der Waals surface area contributed by atoms with Crippen LogP contribution in [0.3, 0.4) is 0 Å². The van der Waals surface area contributed by atoms with Crippen LogP contribution in [0.1, 0.15) is 22.4 Å². The van der Waals surface area contributed by atoms with E-state index in [1.165, 1.54) is 0 Å². The third kappa shape index (κ3) is 2.49. The van der Waals surface area contributed by atoms with Gasteiger partial charge in [-0.25, -0.2) is 13.1 Å². The molecule has 1 aromatic heterocycles. The molecule has 0 saturated heterocycles. The lowest BCUT2D eigenvalue weighted by atomic mass is 10.1. The molecule has 0 spiro atoms. The number of aryl methyl sites for hydroxylation is 3. The first-order valence-corrected chi connectivity index (χ1v) is 7.53. The third-order valence-corrected chi connectivity index (χ3v) is 4.69. The van der Waals surface area contributed by atoms with E-state index >= 15 is 0 Å². The number of nitrogens with zero attached hydrogens (tertiary/aromatic N) is 1. The van der Waals surface area contributed by atoms with Crippen LogP contribution in [0.25, 0.3) is 0 Å². The van der Waals surface area contributed by atoms with Gasteiger partial charge in [-0.05, 0) is 51.0 Å². The standard InChI is InChI=1S/C13H17N3O3S/c1-7-5-11(14)12(6-8(7)2)20(17,18)16-13-9(3)10(4)15-19-13/h5-6,16H,14H2,1-4H3. The minimum absolute atomic E-state index is 0.0362. The number of sulfonamides is 1.